The molecular weight excluding hydrogens is 241 g/mol. The molecule has 2 unspecified atom stereocenters. The van der Waals surface area contributed by atoms with E-state index >= 15 is 0 Å². The zero-order valence-electron chi connectivity index (χ0n) is 6.48. The van der Waals surface area contributed by atoms with Crippen molar-refractivity contribution < 1.29 is 4.74 Å². The molecule has 3 heteroatoms. The van der Waals surface area contributed by atoms with Gasteiger partial charge in [0.05, 0.1) is 12.7 Å². The number of nitrogens with one attached hydrogen (secondary N) is 1. The van der Waals surface area contributed by atoms with E-state index in [0.717, 1.165) is 13.2 Å². The molecule has 1 N–H and O–H groups in total. The summed E-state index contributed by atoms with van der Waals surface area (Å²) in [5, 5.41) is 0. The lowest BCUT2D eigenvalue weighted by Gasteiger charge is -2.19. The summed E-state index contributed by atoms with van der Waals surface area (Å²) in [5.41, 5.74) is 0.376. The Bertz CT molecular complexity index is 116. The maximum atomic E-state index is 5.48. The Kier molecular flexibility index (Phi) is 2.94. The summed E-state index contributed by atoms with van der Waals surface area (Å²) in [6.45, 7) is 6.36. The van der Waals surface area contributed by atoms with Crippen molar-refractivity contribution in [2.75, 3.05) is 13.2 Å². The van der Waals surface area contributed by atoms with Gasteiger partial charge in [-0.15, -0.1) is 0 Å². The highest BCUT2D eigenvalue weighted by molar-refractivity contribution is 14.1. The van der Waals surface area contributed by atoms with Gasteiger partial charge in [0.1, 0.15) is 0 Å². The lowest BCUT2D eigenvalue weighted by Crippen LogP contribution is -2.27. The molecule has 1 fully saturated rings. The van der Waals surface area contributed by atoms with Crippen LogP contribution in [-0.2, 0) is 4.74 Å². The van der Waals surface area contributed by atoms with Gasteiger partial charge >= 0.3 is 0 Å². The van der Waals surface area contributed by atoms with Crippen LogP contribution in [0.2, 0.25) is 0 Å². The fraction of sp³-hybridized carbons (Fsp3) is 1.00. The predicted octanol–water partition coefficient (Wildman–Crippen LogP) is 1.74. The molecule has 0 amide bonds. The van der Waals surface area contributed by atoms with E-state index in [-0.39, 0.29) is 0 Å². The van der Waals surface area contributed by atoms with E-state index in [9.17, 15) is 0 Å². The maximum Gasteiger partial charge on any atom is 0.0553 e. The third-order valence-corrected chi connectivity index (χ3v) is 2.37. The van der Waals surface area contributed by atoms with Crippen molar-refractivity contribution >= 4 is 22.9 Å². The first-order valence-electron chi connectivity index (χ1n) is 3.61. The lowest BCUT2D eigenvalue weighted by atomic mass is 9.88. The SMILES string of the molecule is CC1CC(C)(CNI)CO1. The average Bonchev–Trinajstić information content (AvgIpc) is 2.12. The van der Waals surface area contributed by atoms with Gasteiger partial charge in [0.25, 0.3) is 0 Å². The summed E-state index contributed by atoms with van der Waals surface area (Å²) in [7, 11) is 0. The molecule has 1 heterocycles. The summed E-state index contributed by atoms with van der Waals surface area (Å²) in [4.78, 5) is 0. The molecule has 1 aliphatic rings. The van der Waals surface area contributed by atoms with Crippen LogP contribution in [0.5, 0.6) is 0 Å². The molecular formula is C7H14INO. The number of halogens is 1. The lowest BCUT2D eigenvalue weighted by molar-refractivity contribution is 0.110. The molecule has 0 radical (unpaired) electrons. The van der Waals surface area contributed by atoms with E-state index in [1.807, 2.05) is 0 Å². The van der Waals surface area contributed by atoms with Gasteiger partial charge in [-0.25, -0.2) is 0 Å². The van der Waals surface area contributed by atoms with Crippen molar-refractivity contribution in [3.63, 3.8) is 0 Å². The fourth-order valence-corrected chi connectivity index (χ4v) is 2.36. The van der Waals surface area contributed by atoms with Crippen molar-refractivity contribution in [1.29, 1.82) is 0 Å². The smallest absolute Gasteiger partial charge is 0.0553 e. The topological polar surface area (TPSA) is 21.3 Å². The molecule has 0 spiro atoms. The number of hydrogen-bond donors (Lipinski definition) is 1. The van der Waals surface area contributed by atoms with Crippen LogP contribution in [0.1, 0.15) is 20.3 Å². The third kappa shape index (κ3) is 2.07. The molecule has 2 nitrogen and oxygen atoms in total. The summed E-state index contributed by atoms with van der Waals surface area (Å²) in [5.74, 6) is 0. The van der Waals surface area contributed by atoms with Gasteiger partial charge in [0.2, 0.25) is 0 Å². The van der Waals surface area contributed by atoms with Crippen LogP contribution in [0.25, 0.3) is 0 Å². The largest absolute Gasteiger partial charge is 0.378 e. The molecule has 10 heavy (non-hydrogen) atoms. The van der Waals surface area contributed by atoms with E-state index in [2.05, 4.69) is 40.2 Å². The highest BCUT2D eigenvalue weighted by Crippen LogP contribution is 2.31. The number of ether oxygens (including phenoxy) is 1. The Morgan fingerprint density at radius 1 is 1.80 bits per heavy atom. The van der Waals surface area contributed by atoms with E-state index in [4.69, 9.17) is 4.74 Å². The maximum absolute atomic E-state index is 5.48. The second-order valence-electron chi connectivity index (χ2n) is 3.45. The summed E-state index contributed by atoms with van der Waals surface area (Å²) >= 11 is 2.19. The Morgan fingerprint density at radius 3 is 2.90 bits per heavy atom. The van der Waals surface area contributed by atoms with Crippen molar-refractivity contribution in [2.24, 2.45) is 5.41 Å². The van der Waals surface area contributed by atoms with Gasteiger partial charge in [-0.2, -0.15) is 0 Å². The minimum atomic E-state index is 0.376. The van der Waals surface area contributed by atoms with Crippen molar-refractivity contribution in [1.82, 2.24) is 3.53 Å². The Hall–Kier alpha value is 0.650. The monoisotopic (exact) mass is 255 g/mol. The third-order valence-electron chi connectivity index (χ3n) is 1.99. The molecule has 1 aliphatic heterocycles. The van der Waals surface area contributed by atoms with Crippen LogP contribution in [0.4, 0.5) is 0 Å². The van der Waals surface area contributed by atoms with Crippen LogP contribution in [0, 0.1) is 5.41 Å². The molecule has 1 rings (SSSR count). The first-order valence-corrected chi connectivity index (χ1v) is 4.69. The second kappa shape index (κ2) is 3.36. The first-order chi connectivity index (χ1) is 4.66. The molecule has 60 valence electrons. The van der Waals surface area contributed by atoms with Gasteiger partial charge in [-0.1, -0.05) is 6.92 Å². The van der Waals surface area contributed by atoms with E-state index < -0.39 is 0 Å². The van der Waals surface area contributed by atoms with E-state index in [0.29, 0.717) is 11.5 Å². The normalized spacial score (nSPS) is 40.5. The highest BCUT2D eigenvalue weighted by Gasteiger charge is 2.33. The molecule has 0 saturated carbocycles. The van der Waals surface area contributed by atoms with Gasteiger partial charge in [0, 0.05) is 34.8 Å². The second-order valence-corrected chi connectivity index (χ2v) is 4.21. The Morgan fingerprint density at radius 2 is 2.50 bits per heavy atom. The van der Waals surface area contributed by atoms with Crippen LogP contribution in [-0.4, -0.2) is 19.3 Å². The number of rotatable bonds is 2. The van der Waals surface area contributed by atoms with Crippen molar-refractivity contribution in [3.8, 4) is 0 Å². The average molecular weight is 255 g/mol. The first kappa shape index (κ1) is 8.74. The molecule has 0 aliphatic carbocycles. The van der Waals surface area contributed by atoms with Crippen molar-refractivity contribution in [2.45, 2.75) is 26.4 Å². The van der Waals surface area contributed by atoms with Crippen LogP contribution < -0.4 is 3.53 Å². The quantitative estimate of drug-likeness (QED) is 0.599. The van der Waals surface area contributed by atoms with Gasteiger partial charge in [0.15, 0.2) is 0 Å². The molecule has 2 atom stereocenters. The summed E-state index contributed by atoms with van der Waals surface area (Å²) in [6.07, 6.45) is 1.64. The molecule has 0 aromatic heterocycles. The minimum Gasteiger partial charge on any atom is -0.378 e. The van der Waals surface area contributed by atoms with Crippen molar-refractivity contribution in [3.05, 3.63) is 0 Å². The Balaban J connectivity index is 2.38. The molecule has 0 aromatic rings. The molecule has 0 bridgehead atoms. The zero-order valence-corrected chi connectivity index (χ0v) is 8.64. The van der Waals surface area contributed by atoms with E-state index in [1.165, 1.54) is 6.42 Å². The van der Waals surface area contributed by atoms with Crippen LogP contribution in [0.3, 0.4) is 0 Å². The Labute approximate surface area is 76.2 Å². The van der Waals surface area contributed by atoms with E-state index in [1.54, 1.807) is 0 Å². The van der Waals surface area contributed by atoms with Gasteiger partial charge in [-0.05, 0) is 13.3 Å². The zero-order chi connectivity index (χ0) is 7.61. The van der Waals surface area contributed by atoms with Crippen LogP contribution in [0.15, 0.2) is 0 Å². The summed E-state index contributed by atoms with van der Waals surface area (Å²) < 4.78 is 8.64. The fourth-order valence-electron chi connectivity index (χ4n) is 1.44. The van der Waals surface area contributed by atoms with Gasteiger partial charge in [-0.3, -0.25) is 3.53 Å². The standard InChI is InChI=1S/C7H14INO/c1-6-3-7(2,4-9-8)5-10-6/h6,9H,3-5H2,1-2H3. The molecule has 1 saturated heterocycles. The van der Waals surface area contributed by atoms with Gasteiger partial charge < -0.3 is 4.74 Å². The number of hydrogen-bond acceptors (Lipinski definition) is 2. The minimum absolute atomic E-state index is 0.376. The van der Waals surface area contributed by atoms with Crippen LogP contribution >= 0.6 is 22.9 Å². The molecule has 0 aromatic carbocycles. The highest BCUT2D eigenvalue weighted by atomic mass is 127. The summed E-state index contributed by atoms with van der Waals surface area (Å²) in [6, 6.07) is 0. The predicted molar refractivity (Wildman–Crippen MR) is 50.2 cm³/mol.